The molecular formula is C20H18N2O5. The van der Waals surface area contributed by atoms with Gasteiger partial charge in [-0.3, -0.25) is 4.79 Å². The Labute approximate surface area is 155 Å². The summed E-state index contributed by atoms with van der Waals surface area (Å²) in [5, 5.41) is 23.9. The number of aliphatic hydroxyl groups excluding tert-OH is 1. The van der Waals surface area contributed by atoms with E-state index in [0.717, 1.165) is 5.56 Å². The van der Waals surface area contributed by atoms with Crippen molar-refractivity contribution < 1.29 is 24.5 Å². The minimum absolute atomic E-state index is 0.136. The van der Waals surface area contributed by atoms with Crippen LogP contribution in [0.25, 0.3) is 6.08 Å². The van der Waals surface area contributed by atoms with Crippen molar-refractivity contribution in [2.75, 3.05) is 12.1 Å². The number of anilines is 1. The molecule has 2 aromatic rings. The summed E-state index contributed by atoms with van der Waals surface area (Å²) in [5.74, 6) is -0.770. The smallest absolute Gasteiger partial charge is 0.335 e. The lowest BCUT2D eigenvalue weighted by molar-refractivity contribution is -0.114. The number of carboxylic acids is 1. The van der Waals surface area contributed by atoms with E-state index in [0.29, 0.717) is 28.3 Å². The summed E-state index contributed by atoms with van der Waals surface area (Å²) in [6.07, 6.45) is 1.70. The van der Waals surface area contributed by atoms with E-state index in [2.05, 4.69) is 5.10 Å². The second-order valence-electron chi connectivity index (χ2n) is 5.94. The first-order valence-electron chi connectivity index (χ1n) is 8.17. The number of aromatic carboxylic acids is 1. The molecule has 2 aromatic carbocycles. The van der Waals surface area contributed by atoms with E-state index in [-0.39, 0.29) is 18.1 Å². The van der Waals surface area contributed by atoms with Gasteiger partial charge in [0, 0.05) is 5.56 Å². The standard InChI is InChI=1S/C20H18N2O5/c1-12-17(10-13-3-8-18(27-2)15(9-13)11-23)19(24)22(21-12)16-6-4-14(5-7-16)20(25)26/h3-10,23H,11H2,1-2H3,(H,25,26)/b17-10+. The van der Waals surface area contributed by atoms with E-state index in [4.69, 9.17) is 9.84 Å². The zero-order valence-corrected chi connectivity index (χ0v) is 14.8. The van der Waals surface area contributed by atoms with Crippen molar-refractivity contribution in [3.8, 4) is 5.75 Å². The van der Waals surface area contributed by atoms with Gasteiger partial charge < -0.3 is 14.9 Å². The molecule has 0 fully saturated rings. The van der Waals surface area contributed by atoms with E-state index in [1.165, 1.54) is 24.3 Å². The highest BCUT2D eigenvalue weighted by molar-refractivity contribution is 6.32. The van der Waals surface area contributed by atoms with E-state index >= 15 is 0 Å². The van der Waals surface area contributed by atoms with Crippen molar-refractivity contribution in [2.45, 2.75) is 13.5 Å². The maximum atomic E-state index is 12.8. The molecule has 0 saturated heterocycles. The number of benzene rings is 2. The molecule has 0 radical (unpaired) electrons. The fraction of sp³-hybridized carbons (Fsp3) is 0.150. The minimum atomic E-state index is -1.03. The van der Waals surface area contributed by atoms with Crippen molar-refractivity contribution in [1.82, 2.24) is 0 Å². The summed E-state index contributed by atoms with van der Waals surface area (Å²) >= 11 is 0. The first-order chi connectivity index (χ1) is 12.9. The third kappa shape index (κ3) is 3.58. The predicted molar refractivity (Wildman–Crippen MR) is 101 cm³/mol. The van der Waals surface area contributed by atoms with Gasteiger partial charge in [0.2, 0.25) is 0 Å². The molecule has 1 heterocycles. The number of carboxylic acid groups (broad SMARTS) is 1. The van der Waals surface area contributed by atoms with Gasteiger partial charge in [-0.1, -0.05) is 6.07 Å². The van der Waals surface area contributed by atoms with Gasteiger partial charge >= 0.3 is 5.97 Å². The molecule has 0 aliphatic carbocycles. The summed E-state index contributed by atoms with van der Waals surface area (Å²) in [6, 6.07) is 11.2. The monoisotopic (exact) mass is 366 g/mol. The molecule has 1 aliphatic rings. The molecule has 0 spiro atoms. The fourth-order valence-corrected chi connectivity index (χ4v) is 2.78. The van der Waals surface area contributed by atoms with Crippen molar-refractivity contribution in [3.63, 3.8) is 0 Å². The summed E-state index contributed by atoms with van der Waals surface area (Å²) in [4.78, 5) is 23.7. The van der Waals surface area contributed by atoms with Gasteiger partial charge in [0.15, 0.2) is 0 Å². The molecule has 0 aromatic heterocycles. The minimum Gasteiger partial charge on any atom is -0.496 e. The molecule has 1 aliphatic heterocycles. The van der Waals surface area contributed by atoms with Gasteiger partial charge in [-0.2, -0.15) is 10.1 Å². The maximum absolute atomic E-state index is 12.8. The molecule has 0 atom stereocenters. The molecule has 2 N–H and O–H groups in total. The highest BCUT2D eigenvalue weighted by Gasteiger charge is 2.28. The normalized spacial score (nSPS) is 15.2. The van der Waals surface area contributed by atoms with E-state index in [9.17, 15) is 14.7 Å². The number of carbonyl (C=O) groups is 2. The molecular weight excluding hydrogens is 348 g/mol. The Morgan fingerprint density at radius 2 is 1.93 bits per heavy atom. The number of amides is 1. The SMILES string of the molecule is COc1ccc(/C=C2/C(=O)N(c3ccc(C(=O)O)cc3)N=C2C)cc1CO. The van der Waals surface area contributed by atoms with E-state index < -0.39 is 5.97 Å². The van der Waals surface area contributed by atoms with E-state index in [1.54, 1.807) is 43.3 Å². The lowest BCUT2D eigenvalue weighted by atomic mass is 10.0. The number of aliphatic hydroxyl groups is 1. The van der Waals surface area contributed by atoms with Crippen molar-refractivity contribution in [1.29, 1.82) is 0 Å². The largest absolute Gasteiger partial charge is 0.496 e. The number of nitrogens with zero attached hydrogens (tertiary/aromatic N) is 2. The second-order valence-corrected chi connectivity index (χ2v) is 5.94. The lowest BCUT2D eigenvalue weighted by Gasteiger charge is -2.12. The summed E-state index contributed by atoms with van der Waals surface area (Å²) in [5.41, 5.74) is 2.94. The third-order valence-corrected chi connectivity index (χ3v) is 4.21. The first-order valence-corrected chi connectivity index (χ1v) is 8.17. The third-order valence-electron chi connectivity index (χ3n) is 4.21. The van der Waals surface area contributed by atoms with Crippen molar-refractivity contribution in [3.05, 3.63) is 64.7 Å². The quantitative estimate of drug-likeness (QED) is 0.793. The number of rotatable bonds is 5. The number of hydrogen-bond acceptors (Lipinski definition) is 5. The lowest BCUT2D eigenvalue weighted by Crippen LogP contribution is -2.21. The van der Waals surface area contributed by atoms with Crippen LogP contribution in [0.3, 0.4) is 0 Å². The van der Waals surface area contributed by atoms with Crippen LogP contribution in [0.2, 0.25) is 0 Å². The van der Waals surface area contributed by atoms with Gasteiger partial charge in [0.25, 0.3) is 5.91 Å². The number of ether oxygens (including phenoxy) is 1. The van der Waals surface area contributed by atoms with Gasteiger partial charge in [0.05, 0.1) is 36.3 Å². The van der Waals surface area contributed by atoms with E-state index in [1.807, 2.05) is 0 Å². The molecule has 7 heteroatoms. The molecule has 0 bridgehead atoms. The Morgan fingerprint density at radius 3 is 2.52 bits per heavy atom. The molecule has 0 saturated carbocycles. The Hall–Kier alpha value is -3.45. The Kier molecular flexibility index (Phi) is 5.05. The molecule has 1 amide bonds. The average Bonchev–Trinajstić information content (AvgIpc) is 2.96. The Morgan fingerprint density at radius 1 is 1.22 bits per heavy atom. The van der Waals surface area contributed by atoms with Crippen LogP contribution in [0.1, 0.15) is 28.4 Å². The van der Waals surface area contributed by atoms with Crippen LogP contribution in [-0.2, 0) is 11.4 Å². The van der Waals surface area contributed by atoms with Crippen LogP contribution in [0.15, 0.2) is 53.1 Å². The number of hydrazone groups is 1. The number of hydrogen-bond donors (Lipinski definition) is 2. The predicted octanol–water partition coefficient (Wildman–Crippen LogP) is 2.69. The van der Waals surface area contributed by atoms with Crippen LogP contribution in [0.4, 0.5) is 5.69 Å². The topological polar surface area (TPSA) is 99.4 Å². The zero-order valence-electron chi connectivity index (χ0n) is 14.8. The fourth-order valence-electron chi connectivity index (χ4n) is 2.78. The van der Waals surface area contributed by atoms with Gasteiger partial charge in [-0.15, -0.1) is 0 Å². The van der Waals surface area contributed by atoms with Crippen LogP contribution in [0.5, 0.6) is 5.75 Å². The molecule has 138 valence electrons. The van der Waals surface area contributed by atoms with Gasteiger partial charge in [-0.25, -0.2) is 4.79 Å². The van der Waals surface area contributed by atoms with Crippen LogP contribution >= 0.6 is 0 Å². The first kappa shape index (κ1) is 18.3. The molecule has 27 heavy (non-hydrogen) atoms. The maximum Gasteiger partial charge on any atom is 0.335 e. The highest BCUT2D eigenvalue weighted by atomic mass is 16.5. The van der Waals surface area contributed by atoms with Gasteiger partial charge in [-0.05, 0) is 55.0 Å². The van der Waals surface area contributed by atoms with Crippen LogP contribution in [-0.4, -0.2) is 34.9 Å². The summed E-state index contributed by atoms with van der Waals surface area (Å²) < 4.78 is 5.18. The molecule has 7 nitrogen and oxygen atoms in total. The molecule has 3 rings (SSSR count). The average molecular weight is 366 g/mol. The van der Waals surface area contributed by atoms with Crippen LogP contribution < -0.4 is 9.75 Å². The summed E-state index contributed by atoms with van der Waals surface area (Å²) in [6.45, 7) is 1.55. The Bertz CT molecular complexity index is 961. The second kappa shape index (κ2) is 7.43. The molecule has 0 unspecified atom stereocenters. The van der Waals surface area contributed by atoms with Crippen molar-refractivity contribution >= 4 is 29.4 Å². The Balaban J connectivity index is 1.91. The van der Waals surface area contributed by atoms with Gasteiger partial charge in [0.1, 0.15) is 5.75 Å². The van der Waals surface area contributed by atoms with Crippen molar-refractivity contribution in [2.24, 2.45) is 5.10 Å². The summed E-state index contributed by atoms with van der Waals surface area (Å²) in [7, 11) is 1.53. The number of carbonyl (C=O) groups excluding carboxylic acids is 1. The zero-order chi connectivity index (χ0) is 19.6. The highest BCUT2D eigenvalue weighted by Crippen LogP contribution is 2.27. The van der Waals surface area contributed by atoms with Crippen LogP contribution in [0, 0.1) is 0 Å². The number of methoxy groups -OCH3 is 1.